The first-order valence-electron chi connectivity index (χ1n) is 5.66. The van der Waals surface area contributed by atoms with E-state index < -0.39 is 7.82 Å². The maximum Gasteiger partial charge on any atom is 0.529 e. The summed E-state index contributed by atoms with van der Waals surface area (Å²) in [7, 11) is -2.22. The third-order valence-electron chi connectivity index (χ3n) is 2.47. The van der Waals surface area contributed by atoms with E-state index in [0.717, 1.165) is 10.8 Å². The lowest BCUT2D eigenvalue weighted by atomic mass is 10.1. The molecule has 0 heterocycles. The lowest BCUT2D eigenvalue weighted by Crippen LogP contribution is -2.00. The molecule has 5 heteroatoms. The van der Waals surface area contributed by atoms with Crippen LogP contribution in [0.2, 0.25) is 0 Å². The minimum Gasteiger partial charge on any atom is -0.403 e. The second-order valence-corrected chi connectivity index (χ2v) is 5.32. The smallest absolute Gasteiger partial charge is 0.403 e. The Morgan fingerprint density at radius 1 is 1.11 bits per heavy atom. The van der Waals surface area contributed by atoms with Gasteiger partial charge in [0, 0.05) is 12.5 Å². The van der Waals surface area contributed by atoms with Crippen molar-refractivity contribution in [3.63, 3.8) is 0 Å². The zero-order valence-corrected chi connectivity index (χ0v) is 11.2. The minimum atomic E-state index is -3.53. The Morgan fingerprint density at radius 3 is 2.56 bits per heavy atom. The van der Waals surface area contributed by atoms with Crippen molar-refractivity contribution >= 4 is 18.6 Å². The van der Waals surface area contributed by atoms with Gasteiger partial charge < -0.3 is 4.52 Å². The number of phosphoric acid groups is 1. The van der Waals surface area contributed by atoms with Gasteiger partial charge in [0.2, 0.25) is 0 Å². The first-order valence-corrected chi connectivity index (χ1v) is 7.12. The fraction of sp³-hybridized carbons (Fsp3) is 0.231. The summed E-state index contributed by atoms with van der Waals surface area (Å²) in [6.45, 7) is 1.99. The Hall–Kier alpha value is -1.35. The predicted molar refractivity (Wildman–Crippen MR) is 70.8 cm³/mol. The molecule has 0 bridgehead atoms. The highest BCUT2D eigenvalue weighted by atomic mass is 31.2. The van der Waals surface area contributed by atoms with Gasteiger partial charge in [-0.3, -0.25) is 9.05 Å². The molecule has 2 aromatic rings. The molecule has 0 radical (unpaired) electrons. The van der Waals surface area contributed by atoms with Gasteiger partial charge in [0.1, 0.15) is 5.75 Å². The maximum absolute atomic E-state index is 12.1. The van der Waals surface area contributed by atoms with Gasteiger partial charge in [-0.1, -0.05) is 36.4 Å². The molecular weight excluding hydrogens is 251 g/mol. The third kappa shape index (κ3) is 2.72. The summed E-state index contributed by atoms with van der Waals surface area (Å²) in [6.07, 6.45) is 0. The van der Waals surface area contributed by atoms with Crippen molar-refractivity contribution in [1.82, 2.24) is 0 Å². The maximum atomic E-state index is 12.1. The van der Waals surface area contributed by atoms with Gasteiger partial charge in [0.15, 0.2) is 0 Å². The molecule has 0 aromatic heterocycles. The van der Waals surface area contributed by atoms with Gasteiger partial charge in [-0.15, -0.1) is 0 Å². The van der Waals surface area contributed by atoms with Crippen molar-refractivity contribution in [3.8, 4) is 5.75 Å². The van der Waals surface area contributed by atoms with E-state index in [1.807, 2.05) is 36.4 Å². The van der Waals surface area contributed by atoms with E-state index in [2.05, 4.69) is 0 Å². The van der Waals surface area contributed by atoms with Crippen molar-refractivity contribution in [3.05, 3.63) is 42.5 Å². The van der Waals surface area contributed by atoms with E-state index in [9.17, 15) is 4.57 Å². The van der Waals surface area contributed by atoms with Crippen LogP contribution in [-0.4, -0.2) is 13.7 Å². The number of fused-ring (bicyclic) bond motifs is 1. The summed E-state index contributed by atoms with van der Waals surface area (Å²) in [5.74, 6) is 0.492. The largest absolute Gasteiger partial charge is 0.529 e. The first-order chi connectivity index (χ1) is 8.68. The van der Waals surface area contributed by atoms with E-state index in [4.69, 9.17) is 13.6 Å². The number of rotatable bonds is 5. The summed E-state index contributed by atoms with van der Waals surface area (Å²) in [6, 6.07) is 13.2. The number of phosphoric ester groups is 1. The van der Waals surface area contributed by atoms with Crippen molar-refractivity contribution in [2.75, 3.05) is 13.7 Å². The van der Waals surface area contributed by atoms with Gasteiger partial charge >= 0.3 is 7.82 Å². The Balaban J connectivity index is 2.40. The third-order valence-corrected chi connectivity index (χ3v) is 3.91. The van der Waals surface area contributed by atoms with Gasteiger partial charge in [-0.05, 0) is 18.4 Å². The summed E-state index contributed by atoms with van der Waals surface area (Å²) in [5, 5.41) is 1.88. The fourth-order valence-electron chi connectivity index (χ4n) is 1.67. The molecule has 0 fully saturated rings. The minimum absolute atomic E-state index is 0.260. The fourth-order valence-corrected chi connectivity index (χ4v) is 2.62. The Morgan fingerprint density at radius 2 is 1.83 bits per heavy atom. The van der Waals surface area contributed by atoms with Crippen LogP contribution in [0.5, 0.6) is 5.75 Å². The van der Waals surface area contributed by atoms with E-state index in [-0.39, 0.29) is 6.61 Å². The Bertz CT molecular complexity index is 577. The topological polar surface area (TPSA) is 44.8 Å². The van der Waals surface area contributed by atoms with E-state index in [1.165, 1.54) is 7.11 Å². The van der Waals surface area contributed by atoms with Crippen molar-refractivity contribution < 1.29 is 18.1 Å². The molecular formula is C13H15O4P. The van der Waals surface area contributed by atoms with Gasteiger partial charge in [-0.2, -0.15) is 0 Å². The average molecular weight is 266 g/mol. The van der Waals surface area contributed by atoms with Crippen LogP contribution in [0.4, 0.5) is 0 Å². The van der Waals surface area contributed by atoms with Crippen LogP contribution in [0.25, 0.3) is 10.8 Å². The van der Waals surface area contributed by atoms with Gasteiger partial charge in [0.05, 0.1) is 6.61 Å². The molecule has 0 saturated carbocycles. The molecule has 0 saturated heterocycles. The van der Waals surface area contributed by atoms with Crippen LogP contribution in [0.1, 0.15) is 6.92 Å². The zero-order chi connectivity index (χ0) is 13.0. The number of hydrogen-bond acceptors (Lipinski definition) is 4. The highest BCUT2D eigenvalue weighted by Gasteiger charge is 2.26. The SMILES string of the molecule is CCOP(=O)(OC)Oc1cccc2ccccc12. The Kier molecular flexibility index (Phi) is 4.02. The number of hydrogen-bond donors (Lipinski definition) is 0. The lowest BCUT2D eigenvalue weighted by molar-refractivity contribution is 0.188. The van der Waals surface area contributed by atoms with Crippen molar-refractivity contribution in [2.24, 2.45) is 0 Å². The standard InChI is InChI=1S/C13H15O4P/c1-3-16-18(14,15-2)17-13-10-6-8-11-7-4-5-9-12(11)13/h4-10H,3H2,1-2H3. The predicted octanol–water partition coefficient (Wildman–Crippen LogP) is 4.01. The molecule has 0 aliphatic rings. The summed E-state index contributed by atoms with van der Waals surface area (Å²) in [5.41, 5.74) is 0. The van der Waals surface area contributed by atoms with Crippen LogP contribution in [-0.2, 0) is 13.6 Å². The monoisotopic (exact) mass is 266 g/mol. The van der Waals surface area contributed by atoms with E-state index in [1.54, 1.807) is 13.0 Å². The van der Waals surface area contributed by atoms with Gasteiger partial charge in [-0.25, -0.2) is 4.57 Å². The molecule has 2 rings (SSSR count). The van der Waals surface area contributed by atoms with Crippen LogP contribution in [0, 0.1) is 0 Å². The molecule has 0 aliphatic carbocycles. The molecule has 0 N–H and O–H groups in total. The highest BCUT2D eigenvalue weighted by molar-refractivity contribution is 7.48. The van der Waals surface area contributed by atoms with Crippen molar-refractivity contribution in [1.29, 1.82) is 0 Å². The molecule has 0 aliphatic heterocycles. The molecule has 2 aromatic carbocycles. The highest BCUT2D eigenvalue weighted by Crippen LogP contribution is 2.49. The van der Waals surface area contributed by atoms with Crippen LogP contribution in [0.3, 0.4) is 0 Å². The molecule has 18 heavy (non-hydrogen) atoms. The molecule has 0 amide bonds. The summed E-state index contributed by atoms with van der Waals surface area (Å²) >= 11 is 0. The van der Waals surface area contributed by atoms with Crippen LogP contribution >= 0.6 is 7.82 Å². The summed E-state index contributed by atoms with van der Waals surface area (Å²) in [4.78, 5) is 0. The summed E-state index contributed by atoms with van der Waals surface area (Å²) < 4.78 is 27.4. The molecule has 0 spiro atoms. The molecule has 96 valence electrons. The average Bonchev–Trinajstić information content (AvgIpc) is 2.39. The zero-order valence-electron chi connectivity index (χ0n) is 10.3. The van der Waals surface area contributed by atoms with E-state index in [0.29, 0.717) is 5.75 Å². The normalized spacial score (nSPS) is 14.3. The lowest BCUT2D eigenvalue weighted by Gasteiger charge is -2.16. The van der Waals surface area contributed by atoms with Gasteiger partial charge in [0.25, 0.3) is 0 Å². The Labute approximate surface area is 106 Å². The second-order valence-electron chi connectivity index (χ2n) is 3.62. The second kappa shape index (κ2) is 5.53. The number of benzene rings is 2. The van der Waals surface area contributed by atoms with Crippen LogP contribution in [0.15, 0.2) is 42.5 Å². The van der Waals surface area contributed by atoms with Crippen molar-refractivity contribution in [2.45, 2.75) is 6.92 Å². The molecule has 1 atom stereocenters. The van der Waals surface area contributed by atoms with E-state index >= 15 is 0 Å². The first kappa shape index (κ1) is 13.1. The molecule has 4 nitrogen and oxygen atoms in total. The molecule has 1 unspecified atom stereocenters. The quantitative estimate of drug-likeness (QED) is 0.767. The van der Waals surface area contributed by atoms with Crippen LogP contribution < -0.4 is 4.52 Å².